The smallest absolute Gasteiger partial charge is 0.194 e. The quantitative estimate of drug-likeness (QED) is 0.482. The minimum atomic E-state index is -1.60. The Morgan fingerprint density at radius 2 is 1.70 bits per heavy atom. The molecule has 0 aliphatic carbocycles. The molecule has 4 rings (SSSR count). The third kappa shape index (κ3) is 4.51. The van der Waals surface area contributed by atoms with E-state index in [9.17, 15) is 28.5 Å². The lowest BCUT2D eigenvalue weighted by molar-refractivity contribution is -0.178. The van der Waals surface area contributed by atoms with Gasteiger partial charge in [-0.1, -0.05) is 35.2 Å². The summed E-state index contributed by atoms with van der Waals surface area (Å²) in [5.41, 5.74) is 1.04. The second kappa shape index (κ2) is 9.43. The van der Waals surface area contributed by atoms with Crippen LogP contribution in [0.4, 0.5) is 13.2 Å². The fraction of sp³-hybridized carbons (Fsp3) is 0.364. The molecule has 176 valence electrons. The van der Waals surface area contributed by atoms with Gasteiger partial charge in [0, 0.05) is 10.5 Å². The lowest BCUT2D eigenvalue weighted by atomic mass is 9.97. The van der Waals surface area contributed by atoms with Crippen molar-refractivity contribution in [2.24, 2.45) is 0 Å². The van der Waals surface area contributed by atoms with Gasteiger partial charge in [-0.05, 0) is 37.1 Å². The van der Waals surface area contributed by atoms with E-state index >= 15 is 0 Å². The molecule has 0 saturated carbocycles. The summed E-state index contributed by atoms with van der Waals surface area (Å²) < 4.78 is 47.5. The predicted octanol–water partition coefficient (Wildman–Crippen LogP) is 2.75. The highest BCUT2D eigenvalue weighted by atomic mass is 32.2. The number of thioether (sulfide) groups is 1. The molecule has 11 heteroatoms. The lowest BCUT2D eigenvalue weighted by Crippen LogP contribution is -2.55. The highest BCUT2D eigenvalue weighted by Crippen LogP contribution is 2.40. The van der Waals surface area contributed by atoms with Crippen LogP contribution in [0, 0.1) is 31.3 Å². The Labute approximate surface area is 191 Å². The van der Waals surface area contributed by atoms with Crippen LogP contribution in [0.25, 0.3) is 11.3 Å². The molecule has 3 aromatic rings. The van der Waals surface area contributed by atoms with Crippen molar-refractivity contribution in [3.05, 3.63) is 65.1 Å². The SMILES string of the molecule is Cc1cccc(C)c1S[C@@H]1O[C@@H](CO)[C@@H](O)[C@@H](n2cc(-c3cc(F)c(F)c(F)c3)nn2)[C@@H]1O. The maximum atomic E-state index is 13.6. The minimum absolute atomic E-state index is 0.0122. The first kappa shape index (κ1) is 23.7. The van der Waals surface area contributed by atoms with Gasteiger partial charge in [0.2, 0.25) is 0 Å². The van der Waals surface area contributed by atoms with Crippen molar-refractivity contribution in [1.29, 1.82) is 0 Å². The van der Waals surface area contributed by atoms with Crippen molar-refractivity contribution >= 4 is 11.8 Å². The summed E-state index contributed by atoms with van der Waals surface area (Å²) in [6, 6.07) is 6.23. The van der Waals surface area contributed by atoms with E-state index in [1.807, 2.05) is 32.0 Å². The zero-order valence-electron chi connectivity index (χ0n) is 17.7. The molecule has 0 radical (unpaired) electrons. The molecule has 1 aliphatic heterocycles. The molecular formula is C22H22F3N3O4S. The van der Waals surface area contributed by atoms with E-state index in [4.69, 9.17) is 4.74 Å². The van der Waals surface area contributed by atoms with Gasteiger partial charge in [0.15, 0.2) is 17.5 Å². The summed E-state index contributed by atoms with van der Waals surface area (Å²) in [6.45, 7) is 3.33. The van der Waals surface area contributed by atoms with Gasteiger partial charge >= 0.3 is 0 Å². The maximum absolute atomic E-state index is 13.6. The molecule has 0 amide bonds. The molecule has 2 heterocycles. The molecule has 0 bridgehead atoms. The fourth-order valence-corrected chi connectivity index (χ4v) is 5.08. The molecule has 1 aliphatic rings. The van der Waals surface area contributed by atoms with Gasteiger partial charge in [0.1, 0.15) is 35.5 Å². The Morgan fingerprint density at radius 3 is 2.30 bits per heavy atom. The number of rotatable bonds is 5. The first-order valence-corrected chi connectivity index (χ1v) is 11.0. The minimum Gasteiger partial charge on any atom is -0.394 e. The molecule has 1 aromatic heterocycles. The zero-order chi connectivity index (χ0) is 23.9. The van der Waals surface area contributed by atoms with E-state index in [1.165, 1.54) is 18.0 Å². The second-order valence-corrected chi connectivity index (χ2v) is 8.98. The number of halogens is 3. The first-order chi connectivity index (χ1) is 15.7. The van der Waals surface area contributed by atoms with Crippen LogP contribution >= 0.6 is 11.8 Å². The number of nitrogens with zero attached hydrogens (tertiary/aromatic N) is 3. The van der Waals surface area contributed by atoms with Crippen LogP contribution in [0.3, 0.4) is 0 Å². The van der Waals surface area contributed by atoms with Gasteiger partial charge in [-0.3, -0.25) is 0 Å². The molecule has 33 heavy (non-hydrogen) atoms. The zero-order valence-corrected chi connectivity index (χ0v) is 18.5. The van der Waals surface area contributed by atoms with E-state index in [0.29, 0.717) is 0 Å². The number of aromatic nitrogens is 3. The number of hydrogen-bond donors (Lipinski definition) is 3. The summed E-state index contributed by atoms with van der Waals surface area (Å²) in [5, 5.41) is 39.3. The number of aliphatic hydroxyl groups excluding tert-OH is 3. The molecule has 0 spiro atoms. The van der Waals surface area contributed by atoms with Crippen molar-refractivity contribution < 1.29 is 33.2 Å². The summed E-state index contributed by atoms with van der Waals surface area (Å²) in [5.74, 6) is -4.36. The van der Waals surface area contributed by atoms with E-state index in [0.717, 1.165) is 32.8 Å². The molecule has 2 aromatic carbocycles. The third-order valence-electron chi connectivity index (χ3n) is 5.59. The van der Waals surface area contributed by atoms with Gasteiger partial charge in [-0.2, -0.15) is 0 Å². The van der Waals surface area contributed by atoms with Crippen LogP contribution < -0.4 is 0 Å². The Bertz CT molecular complexity index is 1120. The Balaban J connectivity index is 1.66. The van der Waals surface area contributed by atoms with Crippen molar-refractivity contribution in [3.63, 3.8) is 0 Å². The van der Waals surface area contributed by atoms with Crippen molar-refractivity contribution in [1.82, 2.24) is 15.0 Å². The second-order valence-electron chi connectivity index (χ2n) is 7.87. The van der Waals surface area contributed by atoms with Gasteiger partial charge in [0.05, 0.1) is 12.8 Å². The van der Waals surface area contributed by atoms with Crippen LogP contribution in [0.1, 0.15) is 17.2 Å². The summed E-state index contributed by atoms with van der Waals surface area (Å²) in [6.07, 6.45) is -2.36. The van der Waals surface area contributed by atoms with E-state index in [2.05, 4.69) is 10.3 Å². The molecular weight excluding hydrogens is 459 g/mol. The molecule has 3 N–H and O–H groups in total. The van der Waals surface area contributed by atoms with E-state index in [-0.39, 0.29) is 11.3 Å². The average Bonchev–Trinajstić information content (AvgIpc) is 3.25. The van der Waals surface area contributed by atoms with Crippen LogP contribution in [0.15, 0.2) is 41.4 Å². The van der Waals surface area contributed by atoms with E-state index in [1.54, 1.807) is 0 Å². The van der Waals surface area contributed by atoms with Crippen LogP contribution in [0.5, 0.6) is 0 Å². The monoisotopic (exact) mass is 481 g/mol. The summed E-state index contributed by atoms with van der Waals surface area (Å²) >= 11 is 1.26. The standard InChI is InChI=1S/C22H22F3N3O4S/c1-10-4-3-5-11(2)21(10)33-22-20(31)18(19(30)16(9-29)32-22)28-8-15(26-27-28)12-6-13(23)17(25)14(24)7-12/h3-8,16,18-20,22,29-31H,9H2,1-2H3/t16-,18+,19+,20-,22-/m0/s1. The number of aryl methyl sites for hydroxylation is 2. The van der Waals surface area contributed by atoms with Crippen LogP contribution in [-0.4, -0.2) is 60.7 Å². The molecule has 1 saturated heterocycles. The van der Waals surface area contributed by atoms with Gasteiger partial charge in [-0.15, -0.1) is 5.10 Å². The Kier molecular flexibility index (Phi) is 6.78. The van der Waals surface area contributed by atoms with Gasteiger partial charge in [-0.25, -0.2) is 17.9 Å². The fourth-order valence-electron chi connectivity index (χ4n) is 3.84. The third-order valence-corrected chi connectivity index (χ3v) is 7.09. The summed E-state index contributed by atoms with van der Waals surface area (Å²) in [7, 11) is 0. The normalized spacial score (nSPS) is 25.4. The van der Waals surface area contributed by atoms with Crippen molar-refractivity contribution in [3.8, 4) is 11.3 Å². The Hall–Kier alpha value is -2.44. The highest BCUT2D eigenvalue weighted by Gasteiger charge is 2.46. The molecule has 5 atom stereocenters. The highest BCUT2D eigenvalue weighted by molar-refractivity contribution is 8.00. The van der Waals surface area contributed by atoms with Gasteiger partial charge in [0.25, 0.3) is 0 Å². The Morgan fingerprint density at radius 1 is 1.06 bits per heavy atom. The van der Waals surface area contributed by atoms with Crippen molar-refractivity contribution in [2.45, 2.75) is 48.5 Å². The average molecular weight is 481 g/mol. The lowest BCUT2D eigenvalue weighted by Gasteiger charge is -2.42. The van der Waals surface area contributed by atoms with Crippen LogP contribution in [-0.2, 0) is 4.74 Å². The number of ether oxygens (including phenoxy) is 1. The first-order valence-electron chi connectivity index (χ1n) is 10.1. The number of benzene rings is 2. The summed E-state index contributed by atoms with van der Waals surface area (Å²) in [4.78, 5) is 0.893. The molecule has 7 nitrogen and oxygen atoms in total. The molecule has 1 fully saturated rings. The van der Waals surface area contributed by atoms with Crippen LogP contribution in [0.2, 0.25) is 0 Å². The van der Waals surface area contributed by atoms with Gasteiger partial charge < -0.3 is 20.1 Å². The van der Waals surface area contributed by atoms with Crippen molar-refractivity contribution in [2.75, 3.05) is 6.61 Å². The maximum Gasteiger partial charge on any atom is 0.194 e. The van der Waals surface area contributed by atoms with E-state index < -0.39 is 53.8 Å². The largest absolute Gasteiger partial charge is 0.394 e. The molecule has 0 unspecified atom stereocenters. The predicted molar refractivity (Wildman–Crippen MR) is 114 cm³/mol. The number of aliphatic hydroxyl groups is 3. The topological polar surface area (TPSA) is 101 Å². The number of hydrogen-bond acceptors (Lipinski definition) is 7.